The van der Waals surface area contributed by atoms with Gasteiger partial charge in [0.1, 0.15) is 0 Å². The molecule has 0 aromatic rings. The normalized spacial score (nSPS) is 11.5. The molecule has 0 fully saturated rings. The molecule has 0 saturated carbocycles. The Hall–Kier alpha value is -0.540. The zero-order chi connectivity index (χ0) is 11.7. The Kier molecular flexibility index (Phi) is 7.44. The molecule has 0 spiro atoms. The summed E-state index contributed by atoms with van der Waals surface area (Å²) in [6.07, 6.45) is 4.25. The van der Waals surface area contributed by atoms with E-state index in [2.05, 4.69) is 37.5 Å². The molecule has 0 atom stereocenters. The molecule has 0 aliphatic heterocycles. The first-order valence-electron chi connectivity index (χ1n) is 5.69. The number of rotatable bonds is 8. The van der Waals surface area contributed by atoms with Crippen LogP contribution in [0.15, 0.2) is 12.3 Å². The average molecular weight is 214 g/mol. The van der Waals surface area contributed by atoms with Crippen LogP contribution in [0.25, 0.3) is 0 Å². The van der Waals surface area contributed by atoms with Crippen molar-refractivity contribution in [1.29, 1.82) is 0 Å². The fraction of sp³-hybridized carbons (Fsp3) is 0.833. The predicted octanol–water partition coefficient (Wildman–Crippen LogP) is 2.59. The lowest BCUT2D eigenvalue weighted by atomic mass is 9.92. The summed E-state index contributed by atoms with van der Waals surface area (Å²) in [5, 5.41) is 3.35. The zero-order valence-corrected chi connectivity index (χ0v) is 10.4. The number of unbranched alkanes of at least 4 members (excludes halogenated alkanes) is 1. The van der Waals surface area contributed by atoms with E-state index in [1.54, 1.807) is 0 Å². The molecule has 0 rings (SSSR count). The van der Waals surface area contributed by atoms with Crippen LogP contribution < -0.4 is 11.2 Å². The molecule has 0 aromatic carbocycles. The lowest BCUT2D eigenvalue weighted by Crippen LogP contribution is -2.19. The third-order valence-electron chi connectivity index (χ3n) is 2.24. The van der Waals surface area contributed by atoms with Gasteiger partial charge in [-0.15, -0.1) is 0 Å². The predicted molar refractivity (Wildman–Crippen MR) is 65.2 cm³/mol. The summed E-state index contributed by atoms with van der Waals surface area (Å²) in [4.78, 5) is 4.50. The first-order chi connectivity index (χ1) is 6.95. The second-order valence-corrected chi connectivity index (χ2v) is 5.17. The van der Waals surface area contributed by atoms with Gasteiger partial charge in [0, 0.05) is 12.2 Å². The highest BCUT2D eigenvalue weighted by Crippen LogP contribution is 2.17. The van der Waals surface area contributed by atoms with Crippen LogP contribution in [0.4, 0.5) is 0 Å². The quantitative estimate of drug-likeness (QED) is 0.482. The molecule has 0 radical (unpaired) electrons. The maximum absolute atomic E-state index is 4.94. The molecule has 3 N–H and O–H groups in total. The van der Waals surface area contributed by atoms with Gasteiger partial charge < -0.3 is 10.2 Å². The van der Waals surface area contributed by atoms with Gasteiger partial charge in [0.15, 0.2) is 0 Å². The van der Waals surface area contributed by atoms with Crippen molar-refractivity contribution < 1.29 is 4.84 Å². The standard InChI is InChI=1S/C12H26N2O/c1-11(7-5-6-10-15-13)14-9-8-12(2,3)4/h14H,1,5-10,13H2,2-4H3. The maximum atomic E-state index is 4.94. The van der Waals surface area contributed by atoms with E-state index >= 15 is 0 Å². The summed E-state index contributed by atoms with van der Waals surface area (Å²) in [7, 11) is 0. The Morgan fingerprint density at radius 1 is 1.33 bits per heavy atom. The first-order valence-corrected chi connectivity index (χ1v) is 5.69. The van der Waals surface area contributed by atoms with Gasteiger partial charge >= 0.3 is 0 Å². The fourth-order valence-electron chi connectivity index (χ4n) is 1.23. The van der Waals surface area contributed by atoms with Crippen molar-refractivity contribution in [2.75, 3.05) is 13.2 Å². The molecular weight excluding hydrogens is 188 g/mol. The monoisotopic (exact) mass is 214 g/mol. The molecule has 0 unspecified atom stereocenters. The highest BCUT2D eigenvalue weighted by Gasteiger charge is 2.08. The molecule has 0 bridgehead atoms. The first kappa shape index (κ1) is 14.5. The fourth-order valence-corrected chi connectivity index (χ4v) is 1.23. The topological polar surface area (TPSA) is 47.3 Å². The van der Waals surface area contributed by atoms with Crippen molar-refractivity contribution in [3.63, 3.8) is 0 Å². The molecule has 0 aromatic heterocycles. The number of hydrogen-bond donors (Lipinski definition) is 2. The highest BCUT2D eigenvalue weighted by atomic mass is 16.6. The second-order valence-electron chi connectivity index (χ2n) is 5.17. The largest absolute Gasteiger partial charge is 0.389 e. The average Bonchev–Trinajstić information content (AvgIpc) is 2.10. The van der Waals surface area contributed by atoms with Crippen LogP contribution in [0, 0.1) is 5.41 Å². The van der Waals surface area contributed by atoms with Crippen LogP contribution in [0.1, 0.15) is 46.5 Å². The van der Waals surface area contributed by atoms with E-state index in [0.717, 1.165) is 37.9 Å². The molecule has 3 nitrogen and oxygen atoms in total. The molecule has 0 saturated heterocycles. The molecule has 0 aliphatic rings. The van der Waals surface area contributed by atoms with Crippen molar-refractivity contribution in [2.45, 2.75) is 46.5 Å². The molecule has 0 amide bonds. The highest BCUT2D eigenvalue weighted by molar-refractivity contribution is 4.90. The number of allylic oxidation sites excluding steroid dienone is 1. The van der Waals surface area contributed by atoms with E-state index in [1.807, 2.05) is 0 Å². The molecule has 0 heterocycles. The van der Waals surface area contributed by atoms with Crippen molar-refractivity contribution >= 4 is 0 Å². The van der Waals surface area contributed by atoms with Gasteiger partial charge in [-0.3, -0.25) is 0 Å². The molecule has 0 aliphatic carbocycles. The van der Waals surface area contributed by atoms with Gasteiger partial charge in [-0.2, -0.15) is 0 Å². The zero-order valence-electron chi connectivity index (χ0n) is 10.4. The van der Waals surface area contributed by atoms with E-state index < -0.39 is 0 Å². The van der Waals surface area contributed by atoms with Gasteiger partial charge in [0.2, 0.25) is 0 Å². The third kappa shape index (κ3) is 11.4. The van der Waals surface area contributed by atoms with Crippen LogP contribution in [-0.4, -0.2) is 13.2 Å². The second kappa shape index (κ2) is 7.71. The van der Waals surface area contributed by atoms with Gasteiger partial charge in [0.25, 0.3) is 0 Å². The van der Waals surface area contributed by atoms with E-state index in [9.17, 15) is 0 Å². The Balaban J connectivity index is 3.34. The van der Waals surface area contributed by atoms with Crippen molar-refractivity contribution in [3.05, 3.63) is 12.3 Å². The number of nitrogens with two attached hydrogens (primary N) is 1. The van der Waals surface area contributed by atoms with Gasteiger partial charge in [-0.25, -0.2) is 5.90 Å². The number of nitrogens with one attached hydrogen (secondary N) is 1. The summed E-state index contributed by atoms with van der Waals surface area (Å²) in [5.41, 5.74) is 1.51. The van der Waals surface area contributed by atoms with E-state index in [4.69, 9.17) is 5.90 Å². The van der Waals surface area contributed by atoms with E-state index in [-0.39, 0.29) is 0 Å². The van der Waals surface area contributed by atoms with Gasteiger partial charge in [-0.1, -0.05) is 27.4 Å². The van der Waals surface area contributed by atoms with Gasteiger partial charge in [-0.05, 0) is 31.1 Å². The van der Waals surface area contributed by atoms with Crippen LogP contribution in [0.3, 0.4) is 0 Å². The summed E-state index contributed by atoms with van der Waals surface area (Å²) < 4.78 is 0. The minimum atomic E-state index is 0.390. The minimum absolute atomic E-state index is 0.390. The summed E-state index contributed by atoms with van der Waals surface area (Å²) in [6, 6.07) is 0. The Labute approximate surface area is 94.0 Å². The Bertz CT molecular complexity index is 173. The molecular formula is C12H26N2O. The van der Waals surface area contributed by atoms with Crippen LogP contribution in [0.2, 0.25) is 0 Å². The smallest absolute Gasteiger partial charge is 0.0679 e. The van der Waals surface area contributed by atoms with Crippen LogP contribution >= 0.6 is 0 Å². The lowest BCUT2D eigenvalue weighted by molar-refractivity contribution is 0.134. The third-order valence-corrected chi connectivity index (χ3v) is 2.24. The van der Waals surface area contributed by atoms with Crippen LogP contribution in [0.5, 0.6) is 0 Å². The Morgan fingerprint density at radius 3 is 2.53 bits per heavy atom. The number of hydrogen-bond acceptors (Lipinski definition) is 3. The van der Waals surface area contributed by atoms with Gasteiger partial charge in [0.05, 0.1) is 6.61 Å². The van der Waals surface area contributed by atoms with E-state index in [1.165, 1.54) is 0 Å². The summed E-state index contributed by atoms with van der Waals surface area (Å²) in [5.74, 6) is 4.94. The van der Waals surface area contributed by atoms with Crippen molar-refractivity contribution in [3.8, 4) is 0 Å². The van der Waals surface area contributed by atoms with Crippen molar-refractivity contribution in [1.82, 2.24) is 5.32 Å². The Morgan fingerprint density at radius 2 is 2.00 bits per heavy atom. The van der Waals surface area contributed by atoms with Crippen LogP contribution in [-0.2, 0) is 4.84 Å². The van der Waals surface area contributed by atoms with E-state index in [0.29, 0.717) is 12.0 Å². The molecule has 15 heavy (non-hydrogen) atoms. The lowest BCUT2D eigenvalue weighted by Gasteiger charge is -2.19. The summed E-state index contributed by atoms with van der Waals surface area (Å²) in [6.45, 7) is 12.4. The molecule has 90 valence electrons. The molecule has 3 heteroatoms. The minimum Gasteiger partial charge on any atom is -0.389 e. The summed E-state index contributed by atoms with van der Waals surface area (Å²) >= 11 is 0. The van der Waals surface area contributed by atoms with Crippen molar-refractivity contribution in [2.24, 2.45) is 11.3 Å². The maximum Gasteiger partial charge on any atom is 0.0679 e. The SMILES string of the molecule is C=C(CCCCON)NCCC(C)(C)C.